The van der Waals surface area contributed by atoms with Crippen molar-refractivity contribution >= 4 is 5.91 Å². The van der Waals surface area contributed by atoms with E-state index in [1.165, 1.54) is 13.0 Å². The normalized spacial score (nSPS) is 21.0. The summed E-state index contributed by atoms with van der Waals surface area (Å²) in [6.07, 6.45) is 3.65. The first kappa shape index (κ1) is 21.8. The van der Waals surface area contributed by atoms with Crippen LogP contribution in [-0.4, -0.2) is 43.2 Å². The van der Waals surface area contributed by atoms with Crippen LogP contribution in [0.3, 0.4) is 0 Å². The highest BCUT2D eigenvalue weighted by molar-refractivity contribution is 5.74. The summed E-state index contributed by atoms with van der Waals surface area (Å²) in [5, 5.41) is 3.06. The molecule has 2 aliphatic rings. The lowest BCUT2D eigenvalue weighted by atomic mass is 9.80. The van der Waals surface area contributed by atoms with Crippen LogP contribution in [-0.2, 0) is 21.6 Å². The second kappa shape index (κ2) is 9.79. The van der Waals surface area contributed by atoms with E-state index in [0.717, 1.165) is 50.4 Å². The maximum absolute atomic E-state index is 14.6. The molecule has 0 saturated carbocycles. The van der Waals surface area contributed by atoms with Gasteiger partial charge < -0.3 is 14.8 Å². The van der Waals surface area contributed by atoms with Gasteiger partial charge in [0.05, 0.1) is 11.6 Å². The Hall–Kier alpha value is -2.44. The summed E-state index contributed by atoms with van der Waals surface area (Å²) in [5.74, 6) is 0.493. The maximum Gasteiger partial charge on any atom is 0.217 e. The highest BCUT2D eigenvalue weighted by Crippen LogP contribution is 2.35. The average Bonchev–Trinajstić information content (AvgIpc) is 3.28. The fourth-order valence-electron chi connectivity index (χ4n) is 4.72. The molecule has 2 aromatic carbocycles. The van der Waals surface area contributed by atoms with E-state index in [2.05, 4.69) is 16.3 Å². The van der Waals surface area contributed by atoms with Crippen LogP contribution in [0.25, 0.3) is 0 Å². The second-order valence-electron chi connectivity index (χ2n) is 8.57. The number of nitrogens with one attached hydrogen (secondary N) is 1. The topological polar surface area (TPSA) is 50.8 Å². The van der Waals surface area contributed by atoms with Gasteiger partial charge in [-0.25, -0.2) is 4.39 Å². The number of hydrogen-bond acceptors (Lipinski definition) is 4. The predicted molar refractivity (Wildman–Crippen MR) is 117 cm³/mol. The van der Waals surface area contributed by atoms with Gasteiger partial charge in [0.25, 0.3) is 0 Å². The minimum atomic E-state index is -0.663. The van der Waals surface area contributed by atoms with Gasteiger partial charge in [-0.1, -0.05) is 36.4 Å². The van der Waals surface area contributed by atoms with Gasteiger partial charge in [0, 0.05) is 44.3 Å². The van der Waals surface area contributed by atoms with Crippen LogP contribution in [0.5, 0.6) is 5.75 Å². The Kier molecular flexibility index (Phi) is 6.88. The molecule has 0 aliphatic carbocycles. The van der Waals surface area contributed by atoms with Gasteiger partial charge in [0.15, 0.2) is 0 Å². The van der Waals surface area contributed by atoms with Crippen LogP contribution in [0.15, 0.2) is 48.5 Å². The molecule has 2 saturated heterocycles. The summed E-state index contributed by atoms with van der Waals surface area (Å²) < 4.78 is 26.3. The largest absolute Gasteiger partial charge is 0.491 e. The second-order valence-corrected chi connectivity index (χ2v) is 8.57. The average molecular weight is 427 g/mol. The zero-order chi connectivity index (χ0) is 21.7. The number of amides is 1. The van der Waals surface area contributed by atoms with Crippen LogP contribution in [0.4, 0.5) is 4.39 Å². The number of carbonyl (C=O) groups excluding carboxylic acids is 1. The first-order valence-electron chi connectivity index (χ1n) is 11.1. The maximum atomic E-state index is 14.6. The molecule has 4 rings (SSSR count). The Bertz CT molecular complexity index is 890. The fourth-order valence-corrected chi connectivity index (χ4v) is 4.72. The molecule has 1 atom stereocenters. The highest BCUT2D eigenvalue weighted by atomic mass is 19.1. The van der Waals surface area contributed by atoms with Crippen molar-refractivity contribution in [2.45, 2.75) is 50.8 Å². The van der Waals surface area contributed by atoms with Gasteiger partial charge in [-0.2, -0.15) is 0 Å². The molecule has 166 valence electrons. The lowest BCUT2D eigenvalue weighted by Gasteiger charge is -2.43. The Labute approximate surface area is 183 Å². The standard InChI is InChI=1S/C25H31FN2O3/c1-19(29)27-25(22-9-3-4-10-23(22)26)12-14-28(15-13-25)17-20-7-2-5-11-24(20)31-18-21-8-6-16-30-21/h2-5,7,9-11,21H,6,8,12-18H2,1H3,(H,27,29)/t21-/m0/s1. The summed E-state index contributed by atoms with van der Waals surface area (Å²) in [7, 11) is 0. The van der Waals surface area contributed by atoms with Gasteiger partial charge >= 0.3 is 0 Å². The molecule has 6 heteroatoms. The number of nitrogens with zero attached hydrogens (tertiary/aromatic N) is 1. The van der Waals surface area contributed by atoms with Crippen LogP contribution >= 0.6 is 0 Å². The van der Waals surface area contributed by atoms with E-state index >= 15 is 0 Å². The Morgan fingerprint density at radius 1 is 1.19 bits per heavy atom. The zero-order valence-electron chi connectivity index (χ0n) is 18.1. The van der Waals surface area contributed by atoms with Gasteiger partial charge in [-0.3, -0.25) is 9.69 Å². The first-order valence-corrected chi connectivity index (χ1v) is 11.1. The third-order valence-electron chi connectivity index (χ3n) is 6.33. The van der Waals surface area contributed by atoms with Gasteiger partial charge in [0.2, 0.25) is 5.91 Å². The Morgan fingerprint density at radius 2 is 1.94 bits per heavy atom. The van der Waals surface area contributed by atoms with E-state index in [1.807, 2.05) is 24.3 Å². The van der Waals surface area contributed by atoms with Crippen molar-refractivity contribution in [3.63, 3.8) is 0 Å². The van der Waals surface area contributed by atoms with Crippen LogP contribution in [0.1, 0.15) is 43.7 Å². The molecule has 0 spiro atoms. The summed E-state index contributed by atoms with van der Waals surface area (Å²) in [4.78, 5) is 14.3. The van der Waals surface area contributed by atoms with Crippen molar-refractivity contribution in [3.8, 4) is 5.75 Å². The summed E-state index contributed by atoms with van der Waals surface area (Å²) in [6, 6.07) is 14.9. The number of carbonyl (C=O) groups is 1. The third kappa shape index (κ3) is 5.25. The van der Waals surface area contributed by atoms with Crippen molar-refractivity contribution in [2.24, 2.45) is 0 Å². The number of halogens is 1. The number of benzene rings is 2. The fraction of sp³-hybridized carbons (Fsp3) is 0.480. The Morgan fingerprint density at radius 3 is 2.65 bits per heavy atom. The number of rotatable bonds is 7. The molecule has 2 fully saturated rings. The van der Waals surface area contributed by atoms with Crippen LogP contribution in [0.2, 0.25) is 0 Å². The van der Waals surface area contributed by atoms with E-state index in [4.69, 9.17) is 9.47 Å². The summed E-state index contributed by atoms with van der Waals surface area (Å²) in [5.41, 5.74) is 1.05. The lowest BCUT2D eigenvalue weighted by molar-refractivity contribution is -0.121. The Balaban J connectivity index is 1.42. The monoisotopic (exact) mass is 426 g/mol. The number of piperidine rings is 1. The van der Waals surface area contributed by atoms with Crippen LogP contribution < -0.4 is 10.1 Å². The zero-order valence-corrected chi connectivity index (χ0v) is 18.1. The van der Waals surface area contributed by atoms with Gasteiger partial charge in [0.1, 0.15) is 18.2 Å². The van der Waals surface area contributed by atoms with E-state index in [0.29, 0.717) is 25.0 Å². The lowest BCUT2D eigenvalue weighted by Crippen LogP contribution is -2.52. The molecule has 5 nitrogen and oxygen atoms in total. The molecule has 2 heterocycles. The molecule has 0 unspecified atom stereocenters. The van der Waals surface area contributed by atoms with Crippen LogP contribution in [0, 0.1) is 5.82 Å². The molecule has 0 radical (unpaired) electrons. The van der Waals surface area contributed by atoms with Gasteiger partial charge in [-0.15, -0.1) is 0 Å². The molecule has 31 heavy (non-hydrogen) atoms. The van der Waals surface area contributed by atoms with E-state index in [9.17, 15) is 9.18 Å². The predicted octanol–water partition coefficient (Wildman–Crippen LogP) is 4.01. The van der Waals surface area contributed by atoms with E-state index < -0.39 is 5.54 Å². The molecule has 2 aromatic rings. The van der Waals surface area contributed by atoms with E-state index in [-0.39, 0.29) is 17.8 Å². The molecule has 0 aromatic heterocycles. The third-order valence-corrected chi connectivity index (χ3v) is 6.33. The molecular formula is C25H31FN2O3. The smallest absolute Gasteiger partial charge is 0.217 e. The first-order chi connectivity index (χ1) is 15.1. The minimum Gasteiger partial charge on any atom is -0.491 e. The van der Waals surface area contributed by atoms with Crippen molar-refractivity contribution in [2.75, 3.05) is 26.3 Å². The highest BCUT2D eigenvalue weighted by Gasteiger charge is 2.38. The number of ether oxygens (including phenoxy) is 2. The summed E-state index contributed by atoms with van der Waals surface area (Å²) in [6.45, 7) is 5.17. The van der Waals surface area contributed by atoms with Crippen molar-refractivity contribution in [3.05, 3.63) is 65.5 Å². The molecule has 1 N–H and O–H groups in total. The minimum absolute atomic E-state index is 0.135. The van der Waals surface area contributed by atoms with Crippen molar-refractivity contribution in [1.29, 1.82) is 0 Å². The number of likely N-dealkylation sites (tertiary alicyclic amines) is 1. The molecule has 1 amide bonds. The quantitative estimate of drug-likeness (QED) is 0.727. The van der Waals surface area contributed by atoms with Gasteiger partial charge in [-0.05, 0) is 37.8 Å². The molecular weight excluding hydrogens is 395 g/mol. The SMILES string of the molecule is CC(=O)NC1(c2ccccc2F)CCN(Cc2ccccc2OC[C@@H]2CCCO2)CC1. The van der Waals surface area contributed by atoms with Crippen molar-refractivity contribution in [1.82, 2.24) is 10.2 Å². The molecule has 2 aliphatic heterocycles. The summed E-state index contributed by atoms with van der Waals surface area (Å²) >= 11 is 0. The number of hydrogen-bond donors (Lipinski definition) is 1. The van der Waals surface area contributed by atoms with Crippen molar-refractivity contribution < 1.29 is 18.7 Å². The van der Waals surface area contributed by atoms with E-state index in [1.54, 1.807) is 12.1 Å². The number of para-hydroxylation sites is 1. The molecule has 0 bridgehead atoms.